The number of rotatable bonds is 3. The molecule has 1 aliphatic rings. The van der Waals surface area contributed by atoms with Crippen LogP contribution >= 0.6 is 0 Å². The van der Waals surface area contributed by atoms with Crippen molar-refractivity contribution in [2.45, 2.75) is 38.8 Å². The predicted octanol–water partition coefficient (Wildman–Crippen LogP) is 0.714. The lowest BCUT2D eigenvalue weighted by atomic mass is 10.0. The minimum Gasteiger partial charge on any atom is -0.355 e. The standard InChI is InChI=1S/C12H18N4O/c1-8-11(14-7-6-13-8)9(2)16-10-4-3-5-15-12(10)17/h6-7,9-10,16H,3-5H2,1-2H3,(H,15,17). The number of aromatic nitrogens is 2. The summed E-state index contributed by atoms with van der Waals surface area (Å²) in [7, 11) is 0. The fourth-order valence-corrected chi connectivity index (χ4v) is 2.16. The maximum Gasteiger partial charge on any atom is 0.237 e. The summed E-state index contributed by atoms with van der Waals surface area (Å²) >= 11 is 0. The number of hydrogen-bond acceptors (Lipinski definition) is 4. The van der Waals surface area contributed by atoms with Crippen LogP contribution < -0.4 is 10.6 Å². The highest BCUT2D eigenvalue weighted by molar-refractivity contribution is 5.82. The zero-order chi connectivity index (χ0) is 12.3. The van der Waals surface area contributed by atoms with Gasteiger partial charge >= 0.3 is 0 Å². The molecule has 2 rings (SSSR count). The van der Waals surface area contributed by atoms with E-state index < -0.39 is 0 Å². The highest BCUT2D eigenvalue weighted by atomic mass is 16.2. The molecule has 0 aromatic carbocycles. The zero-order valence-electron chi connectivity index (χ0n) is 10.2. The normalized spacial score (nSPS) is 22.0. The monoisotopic (exact) mass is 234 g/mol. The van der Waals surface area contributed by atoms with Crippen molar-refractivity contribution in [3.63, 3.8) is 0 Å². The van der Waals surface area contributed by atoms with E-state index in [1.165, 1.54) is 0 Å². The molecule has 17 heavy (non-hydrogen) atoms. The van der Waals surface area contributed by atoms with Crippen molar-refractivity contribution < 1.29 is 4.79 Å². The minimum atomic E-state index is -0.111. The molecule has 0 spiro atoms. The second-order valence-electron chi connectivity index (χ2n) is 4.40. The molecule has 0 saturated carbocycles. The van der Waals surface area contributed by atoms with Gasteiger partial charge in [0.1, 0.15) is 0 Å². The Morgan fingerprint density at radius 3 is 2.94 bits per heavy atom. The minimum absolute atomic E-state index is 0.0394. The number of aryl methyl sites for hydroxylation is 1. The summed E-state index contributed by atoms with van der Waals surface area (Å²) in [6.07, 6.45) is 5.27. The molecule has 1 amide bonds. The molecule has 0 bridgehead atoms. The van der Waals surface area contributed by atoms with Crippen molar-refractivity contribution >= 4 is 5.91 Å². The first-order valence-electron chi connectivity index (χ1n) is 5.99. The van der Waals surface area contributed by atoms with Crippen molar-refractivity contribution in [3.05, 3.63) is 23.8 Å². The Kier molecular flexibility index (Phi) is 3.68. The first-order valence-corrected chi connectivity index (χ1v) is 5.99. The second kappa shape index (κ2) is 5.23. The van der Waals surface area contributed by atoms with E-state index in [1.807, 2.05) is 13.8 Å². The molecule has 2 heterocycles. The molecule has 1 aliphatic heterocycles. The molecule has 2 unspecified atom stereocenters. The summed E-state index contributed by atoms with van der Waals surface area (Å²) in [5.41, 5.74) is 1.81. The number of carbonyl (C=O) groups is 1. The first-order chi connectivity index (χ1) is 8.18. The number of nitrogens with zero attached hydrogens (tertiary/aromatic N) is 2. The van der Waals surface area contributed by atoms with Gasteiger partial charge in [0.05, 0.1) is 17.4 Å². The predicted molar refractivity (Wildman–Crippen MR) is 64.4 cm³/mol. The Labute approximate surface area is 101 Å². The van der Waals surface area contributed by atoms with Crippen molar-refractivity contribution in [1.82, 2.24) is 20.6 Å². The van der Waals surface area contributed by atoms with Gasteiger partial charge in [0.2, 0.25) is 5.91 Å². The number of piperidine rings is 1. The molecular weight excluding hydrogens is 216 g/mol. The highest BCUT2D eigenvalue weighted by Gasteiger charge is 2.24. The van der Waals surface area contributed by atoms with Gasteiger partial charge < -0.3 is 5.32 Å². The quantitative estimate of drug-likeness (QED) is 0.808. The van der Waals surface area contributed by atoms with Crippen LogP contribution in [0.4, 0.5) is 0 Å². The van der Waals surface area contributed by atoms with Crippen LogP contribution in [0.3, 0.4) is 0 Å². The summed E-state index contributed by atoms with van der Waals surface area (Å²) in [5, 5.41) is 6.18. The smallest absolute Gasteiger partial charge is 0.237 e. The Balaban J connectivity index is 2.03. The maximum atomic E-state index is 11.6. The van der Waals surface area contributed by atoms with E-state index in [4.69, 9.17) is 0 Å². The topological polar surface area (TPSA) is 66.9 Å². The van der Waals surface area contributed by atoms with E-state index in [9.17, 15) is 4.79 Å². The Bertz CT molecular complexity index is 407. The van der Waals surface area contributed by atoms with Crippen LogP contribution in [0, 0.1) is 6.92 Å². The molecule has 1 aromatic rings. The summed E-state index contributed by atoms with van der Waals surface area (Å²) < 4.78 is 0. The number of carbonyl (C=O) groups excluding carboxylic acids is 1. The molecule has 92 valence electrons. The molecule has 1 saturated heterocycles. The largest absolute Gasteiger partial charge is 0.355 e. The molecule has 5 nitrogen and oxygen atoms in total. The van der Waals surface area contributed by atoms with Crippen molar-refractivity contribution in [2.24, 2.45) is 0 Å². The van der Waals surface area contributed by atoms with Gasteiger partial charge in [-0.15, -0.1) is 0 Å². The fraction of sp³-hybridized carbons (Fsp3) is 0.583. The van der Waals surface area contributed by atoms with Crippen LogP contribution in [-0.4, -0.2) is 28.5 Å². The van der Waals surface area contributed by atoms with Crippen molar-refractivity contribution in [1.29, 1.82) is 0 Å². The first kappa shape index (κ1) is 12.0. The third-order valence-corrected chi connectivity index (χ3v) is 3.07. The van der Waals surface area contributed by atoms with Gasteiger partial charge in [0, 0.05) is 25.0 Å². The van der Waals surface area contributed by atoms with Gasteiger partial charge in [-0.2, -0.15) is 0 Å². The highest BCUT2D eigenvalue weighted by Crippen LogP contribution is 2.14. The summed E-state index contributed by atoms with van der Waals surface area (Å²) in [6, 6.07) is -0.0716. The SMILES string of the molecule is Cc1nccnc1C(C)NC1CCCNC1=O. The van der Waals surface area contributed by atoms with Crippen molar-refractivity contribution in [3.8, 4) is 0 Å². The van der Waals surface area contributed by atoms with E-state index >= 15 is 0 Å². The average Bonchev–Trinajstić information content (AvgIpc) is 2.32. The Morgan fingerprint density at radius 2 is 2.24 bits per heavy atom. The van der Waals surface area contributed by atoms with Crippen LogP contribution in [0.15, 0.2) is 12.4 Å². The van der Waals surface area contributed by atoms with Crippen LogP contribution in [0.5, 0.6) is 0 Å². The van der Waals surface area contributed by atoms with Crippen molar-refractivity contribution in [2.75, 3.05) is 6.54 Å². The van der Waals surface area contributed by atoms with Gasteiger partial charge in [0.25, 0.3) is 0 Å². The van der Waals surface area contributed by atoms with E-state index in [0.717, 1.165) is 30.8 Å². The lowest BCUT2D eigenvalue weighted by Crippen LogP contribution is -2.49. The second-order valence-corrected chi connectivity index (χ2v) is 4.40. The van der Waals surface area contributed by atoms with E-state index in [-0.39, 0.29) is 18.0 Å². The van der Waals surface area contributed by atoms with Gasteiger partial charge in [-0.25, -0.2) is 0 Å². The van der Waals surface area contributed by atoms with Crippen LogP contribution in [-0.2, 0) is 4.79 Å². The molecule has 0 radical (unpaired) electrons. The molecule has 2 N–H and O–H groups in total. The van der Waals surface area contributed by atoms with E-state index in [2.05, 4.69) is 20.6 Å². The lowest BCUT2D eigenvalue weighted by molar-refractivity contribution is -0.124. The summed E-state index contributed by atoms with van der Waals surface area (Å²) in [4.78, 5) is 20.2. The van der Waals surface area contributed by atoms with Crippen LogP contribution in [0.25, 0.3) is 0 Å². The Morgan fingerprint density at radius 1 is 1.47 bits per heavy atom. The lowest BCUT2D eigenvalue weighted by Gasteiger charge is -2.26. The average molecular weight is 234 g/mol. The molecule has 1 fully saturated rings. The van der Waals surface area contributed by atoms with Gasteiger partial charge in [0.15, 0.2) is 0 Å². The number of hydrogen-bond donors (Lipinski definition) is 2. The molecular formula is C12H18N4O. The van der Waals surface area contributed by atoms with E-state index in [0.29, 0.717) is 0 Å². The van der Waals surface area contributed by atoms with E-state index in [1.54, 1.807) is 12.4 Å². The molecule has 0 aliphatic carbocycles. The van der Waals surface area contributed by atoms with Gasteiger partial charge in [-0.3, -0.25) is 20.1 Å². The summed E-state index contributed by atoms with van der Waals surface area (Å²) in [6.45, 7) is 4.73. The van der Waals surface area contributed by atoms with Gasteiger partial charge in [-0.1, -0.05) is 0 Å². The third kappa shape index (κ3) is 2.79. The Hall–Kier alpha value is -1.49. The van der Waals surface area contributed by atoms with Gasteiger partial charge in [-0.05, 0) is 26.7 Å². The third-order valence-electron chi connectivity index (χ3n) is 3.07. The number of amides is 1. The maximum absolute atomic E-state index is 11.6. The molecule has 2 atom stereocenters. The number of nitrogens with one attached hydrogen (secondary N) is 2. The zero-order valence-corrected chi connectivity index (χ0v) is 10.2. The van der Waals surface area contributed by atoms with Crippen LogP contribution in [0.1, 0.15) is 37.2 Å². The summed E-state index contributed by atoms with van der Waals surface area (Å²) in [5.74, 6) is 0.0876. The molecule has 1 aromatic heterocycles. The van der Waals surface area contributed by atoms with Crippen LogP contribution in [0.2, 0.25) is 0 Å². The fourth-order valence-electron chi connectivity index (χ4n) is 2.16. The molecule has 5 heteroatoms.